The highest BCUT2D eigenvalue weighted by molar-refractivity contribution is 5.89. The molecule has 0 saturated carbocycles. The van der Waals surface area contributed by atoms with Crippen LogP contribution in [0.15, 0.2) is 30.3 Å². The molecule has 3 N–H and O–H groups in total. The Labute approximate surface area is 114 Å². The zero-order valence-electron chi connectivity index (χ0n) is 10.3. The lowest BCUT2D eigenvalue weighted by atomic mass is 10.1. The van der Waals surface area contributed by atoms with Gasteiger partial charge in [0.2, 0.25) is 0 Å². The molecule has 1 unspecified atom stereocenters. The van der Waals surface area contributed by atoms with Gasteiger partial charge in [-0.15, -0.1) is 12.4 Å². The van der Waals surface area contributed by atoms with Crippen LogP contribution in [0.3, 0.4) is 0 Å². The highest BCUT2D eigenvalue weighted by atomic mass is 35.5. The minimum atomic E-state index is -0.136. The monoisotopic (exact) mass is 269 g/mol. The predicted octanol–water partition coefficient (Wildman–Crippen LogP) is 2.37. The molecule has 1 aliphatic heterocycles. The number of nitrogens with one attached hydrogen (secondary N) is 3. The quantitative estimate of drug-likeness (QED) is 0.789. The van der Waals surface area contributed by atoms with Gasteiger partial charge < -0.3 is 16.0 Å². The summed E-state index contributed by atoms with van der Waals surface area (Å²) in [5, 5.41) is 9.09. The van der Waals surface area contributed by atoms with E-state index in [1.54, 1.807) is 0 Å². The van der Waals surface area contributed by atoms with Crippen LogP contribution < -0.4 is 16.0 Å². The fourth-order valence-corrected chi connectivity index (χ4v) is 2.01. The second-order valence-corrected chi connectivity index (χ2v) is 4.35. The van der Waals surface area contributed by atoms with E-state index in [4.69, 9.17) is 0 Å². The molecule has 1 fully saturated rings. The van der Waals surface area contributed by atoms with E-state index in [1.165, 1.54) is 12.8 Å². The Morgan fingerprint density at radius 2 is 2.06 bits per heavy atom. The van der Waals surface area contributed by atoms with E-state index in [-0.39, 0.29) is 18.4 Å². The van der Waals surface area contributed by atoms with Crippen molar-refractivity contribution in [3.05, 3.63) is 30.3 Å². The van der Waals surface area contributed by atoms with E-state index >= 15 is 0 Å². The number of amides is 2. The third-order valence-electron chi connectivity index (χ3n) is 2.95. The first-order valence-electron chi connectivity index (χ1n) is 6.18. The van der Waals surface area contributed by atoms with Gasteiger partial charge in [-0.3, -0.25) is 0 Å². The van der Waals surface area contributed by atoms with Crippen molar-refractivity contribution in [1.82, 2.24) is 10.6 Å². The van der Waals surface area contributed by atoms with Crippen molar-refractivity contribution in [3.63, 3.8) is 0 Å². The average Bonchev–Trinajstić information content (AvgIpc) is 2.39. The summed E-state index contributed by atoms with van der Waals surface area (Å²) in [6.45, 7) is 1.76. The number of piperidine rings is 1. The molecule has 0 aromatic heterocycles. The summed E-state index contributed by atoms with van der Waals surface area (Å²) in [6, 6.07) is 9.76. The molecule has 1 aliphatic rings. The maximum absolute atomic E-state index is 11.6. The fraction of sp³-hybridized carbons (Fsp3) is 0.462. The van der Waals surface area contributed by atoms with Crippen LogP contribution in [0.4, 0.5) is 10.5 Å². The second-order valence-electron chi connectivity index (χ2n) is 4.35. The van der Waals surface area contributed by atoms with Gasteiger partial charge in [0, 0.05) is 18.3 Å². The first kappa shape index (κ1) is 14.8. The molecule has 100 valence electrons. The average molecular weight is 270 g/mol. The molecular weight excluding hydrogens is 250 g/mol. The third-order valence-corrected chi connectivity index (χ3v) is 2.95. The van der Waals surface area contributed by atoms with Crippen LogP contribution >= 0.6 is 12.4 Å². The number of benzene rings is 1. The number of carbonyl (C=O) groups is 1. The standard InChI is InChI=1S/C13H19N3O.ClH/c17-13(16-11-6-2-1-3-7-11)15-10-12-8-4-5-9-14-12;/h1-3,6-7,12,14H,4-5,8-10H2,(H2,15,16,17);1H. The van der Waals surface area contributed by atoms with Crippen molar-refractivity contribution >= 4 is 24.1 Å². The lowest BCUT2D eigenvalue weighted by molar-refractivity contribution is 0.249. The lowest BCUT2D eigenvalue weighted by Crippen LogP contribution is -2.44. The van der Waals surface area contributed by atoms with Crippen LogP contribution in [0, 0.1) is 0 Å². The third kappa shape index (κ3) is 4.94. The molecule has 1 aromatic carbocycles. The normalized spacial score (nSPS) is 18.6. The van der Waals surface area contributed by atoms with Gasteiger partial charge >= 0.3 is 6.03 Å². The Morgan fingerprint density at radius 1 is 1.28 bits per heavy atom. The predicted molar refractivity (Wildman–Crippen MR) is 76.4 cm³/mol. The van der Waals surface area contributed by atoms with Crippen molar-refractivity contribution in [1.29, 1.82) is 0 Å². The molecule has 0 bridgehead atoms. The zero-order valence-corrected chi connectivity index (χ0v) is 11.1. The molecule has 18 heavy (non-hydrogen) atoms. The molecule has 2 amide bonds. The summed E-state index contributed by atoms with van der Waals surface area (Å²) in [6.07, 6.45) is 3.64. The summed E-state index contributed by atoms with van der Waals surface area (Å²) < 4.78 is 0. The number of anilines is 1. The van der Waals surface area contributed by atoms with Crippen LogP contribution in [0.1, 0.15) is 19.3 Å². The molecule has 5 heteroatoms. The van der Waals surface area contributed by atoms with Gasteiger partial charge in [0.25, 0.3) is 0 Å². The number of hydrogen-bond acceptors (Lipinski definition) is 2. The van der Waals surface area contributed by atoms with Crippen molar-refractivity contribution in [3.8, 4) is 0 Å². The minimum Gasteiger partial charge on any atom is -0.336 e. The first-order valence-corrected chi connectivity index (χ1v) is 6.18. The summed E-state index contributed by atoms with van der Waals surface area (Å²) in [5.41, 5.74) is 0.821. The van der Waals surface area contributed by atoms with Crippen LogP contribution in [0.5, 0.6) is 0 Å². The van der Waals surface area contributed by atoms with E-state index in [9.17, 15) is 4.79 Å². The molecule has 2 rings (SSSR count). The topological polar surface area (TPSA) is 53.2 Å². The highest BCUT2D eigenvalue weighted by Gasteiger charge is 2.12. The van der Waals surface area contributed by atoms with Gasteiger partial charge in [-0.05, 0) is 31.5 Å². The molecule has 1 aromatic rings. The molecule has 0 aliphatic carbocycles. The molecule has 0 spiro atoms. The number of carbonyl (C=O) groups excluding carboxylic acids is 1. The van der Waals surface area contributed by atoms with Crippen LogP contribution in [0.2, 0.25) is 0 Å². The number of rotatable bonds is 3. The highest BCUT2D eigenvalue weighted by Crippen LogP contribution is 2.06. The van der Waals surface area contributed by atoms with Crippen molar-refractivity contribution in [2.45, 2.75) is 25.3 Å². The van der Waals surface area contributed by atoms with Gasteiger partial charge in [0.15, 0.2) is 0 Å². The first-order chi connectivity index (χ1) is 8.34. The van der Waals surface area contributed by atoms with Crippen molar-refractivity contribution in [2.75, 3.05) is 18.4 Å². The Morgan fingerprint density at radius 3 is 2.72 bits per heavy atom. The Bertz CT molecular complexity index is 353. The smallest absolute Gasteiger partial charge is 0.319 e. The second kappa shape index (κ2) is 7.95. The van der Waals surface area contributed by atoms with Crippen LogP contribution in [-0.4, -0.2) is 25.2 Å². The Kier molecular flexibility index (Phi) is 6.54. The Hall–Kier alpha value is -1.26. The zero-order chi connectivity index (χ0) is 11.9. The molecular formula is C13H20ClN3O. The van der Waals surface area contributed by atoms with Crippen LogP contribution in [-0.2, 0) is 0 Å². The Balaban J connectivity index is 0.00000162. The summed E-state index contributed by atoms with van der Waals surface area (Å²) in [7, 11) is 0. The number of urea groups is 1. The fourth-order valence-electron chi connectivity index (χ4n) is 2.01. The van der Waals surface area contributed by atoms with Gasteiger partial charge in [0.05, 0.1) is 0 Å². The van der Waals surface area contributed by atoms with Gasteiger partial charge in [-0.2, -0.15) is 0 Å². The van der Waals surface area contributed by atoms with Crippen molar-refractivity contribution < 1.29 is 4.79 Å². The van der Waals surface area contributed by atoms with Crippen molar-refractivity contribution in [2.24, 2.45) is 0 Å². The van der Waals surface area contributed by atoms with Crippen LogP contribution in [0.25, 0.3) is 0 Å². The molecule has 4 nitrogen and oxygen atoms in total. The van der Waals surface area contributed by atoms with E-state index in [1.807, 2.05) is 30.3 Å². The van der Waals surface area contributed by atoms with E-state index < -0.39 is 0 Å². The van der Waals surface area contributed by atoms with E-state index in [2.05, 4.69) is 16.0 Å². The molecule has 0 radical (unpaired) electrons. The number of halogens is 1. The number of para-hydroxylation sites is 1. The van der Waals surface area contributed by atoms with E-state index in [0.29, 0.717) is 12.6 Å². The minimum absolute atomic E-state index is 0. The summed E-state index contributed by atoms with van der Waals surface area (Å²) >= 11 is 0. The maximum atomic E-state index is 11.6. The summed E-state index contributed by atoms with van der Waals surface area (Å²) in [5.74, 6) is 0. The maximum Gasteiger partial charge on any atom is 0.319 e. The lowest BCUT2D eigenvalue weighted by Gasteiger charge is -2.23. The van der Waals surface area contributed by atoms with Gasteiger partial charge in [0.1, 0.15) is 0 Å². The summed E-state index contributed by atoms with van der Waals surface area (Å²) in [4.78, 5) is 11.6. The molecule has 1 saturated heterocycles. The van der Waals surface area contributed by atoms with E-state index in [0.717, 1.165) is 18.7 Å². The SMILES string of the molecule is Cl.O=C(NCC1CCCCN1)Nc1ccccc1. The molecule has 1 atom stereocenters. The molecule has 1 heterocycles. The largest absolute Gasteiger partial charge is 0.336 e. The van der Waals surface area contributed by atoms with Gasteiger partial charge in [-0.25, -0.2) is 4.79 Å². The number of hydrogen-bond donors (Lipinski definition) is 3. The van der Waals surface area contributed by atoms with Gasteiger partial charge in [-0.1, -0.05) is 24.6 Å².